The Kier molecular flexibility index (Phi) is 3.59. The molecule has 0 aliphatic rings. The maximum atomic E-state index is 12.6. The quantitative estimate of drug-likeness (QED) is 0.742. The first kappa shape index (κ1) is 13.9. The first-order valence-electron chi connectivity index (χ1n) is 6.96. The van der Waals surface area contributed by atoms with E-state index in [2.05, 4.69) is 22.1 Å². The molecule has 0 aromatic carbocycles. The zero-order chi connectivity index (χ0) is 15.0. The largest absolute Gasteiger partial charge is 0.316 e. The van der Waals surface area contributed by atoms with Crippen LogP contribution in [0.15, 0.2) is 22.8 Å². The molecule has 3 heterocycles. The Labute approximate surface area is 126 Å². The summed E-state index contributed by atoms with van der Waals surface area (Å²) in [6, 6.07) is -0.189. The molecule has 3 aromatic heterocycles. The molecule has 0 spiro atoms. The molecule has 0 aliphatic heterocycles. The van der Waals surface area contributed by atoms with Crippen molar-refractivity contribution < 1.29 is 0 Å². The number of fused-ring (bicyclic) bond motifs is 1. The predicted molar refractivity (Wildman–Crippen MR) is 82.7 cm³/mol. The Morgan fingerprint density at radius 2 is 2.19 bits per heavy atom. The van der Waals surface area contributed by atoms with Crippen molar-refractivity contribution in [2.45, 2.75) is 39.8 Å². The number of hydrogen-bond donors (Lipinski definition) is 0. The standard InChI is InChI=1S/C14H17N5OS/c1-4-5-18-8-16-17-13(18)10(3)19-7-15-11-9(2)6-21-12(11)14(19)20/h6-8,10H,4-5H2,1-3H3/t10-/m0/s1. The molecule has 6 nitrogen and oxygen atoms in total. The summed E-state index contributed by atoms with van der Waals surface area (Å²) in [4.78, 5) is 17.0. The van der Waals surface area contributed by atoms with E-state index in [0.717, 1.165) is 29.9 Å². The molecule has 0 aliphatic carbocycles. The van der Waals surface area contributed by atoms with E-state index >= 15 is 0 Å². The van der Waals surface area contributed by atoms with Crippen LogP contribution in [0.25, 0.3) is 10.2 Å². The second kappa shape index (κ2) is 5.40. The van der Waals surface area contributed by atoms with Crippen LogP contribution in [0.3, 0.4) is 0 Å². The highest BCUT2D eigenvalue weighted by molar-refractivity contribution is 7.17. The maximum absolute atomic E-state index is 12.6. The highest BCUT2D eigenvalue weighted by Gasteiger charge is 2.18. The summed E-state index contributed by atoms with van der Waals surface area (Å²) in [5, 5.41) is 10.1. The molecule has 0 amide bonds. The lowest BCUT2D eigenvalue weighted by Crippen LogP contribution is -2.25. The van der Waals surface area contributed by atoms with Crippen molar-refractivity contribution in [3.05, 3.63) is 39.8 Å². The lowest BCUT2D eigenvalue weighted by Gasteiger charge is -2.15. The van der Waals surface area contributed by atoms with Gasteiger partial charge in [-0.15, -0.1) is 21.5 Å². The van der Waals surface area contributed by atoms with Gasteiger partial charge in [-0.2, -0.15) is 0 Å². The van der Waals surface area contributed by atoms with Crippen LogP contribution in [0.5, 0.6) is 0 Å². The van der Waals surface area contributed by atoms with Crippen LogP contribution in [-0.2, 0) is 6.54 Å². The normalized spacial score (nSPS) is 12.9. The van der Waals surface area contributed by atoms with Crippen LogP contribution in [0.1, 0.15) is 37.7 Å². The van der Waals surface area contributed by atoms with Gasteiger partial charge < -0.3 is 4.57 Å². The fourth-order valence-corrected chi connectivity index (χ4v) is 3.38. The first-order valence-corrected chi connectivity index (χ1v) is 7.84. The molecular weight excluding hydrogens is 286 g/mol. The molecule has 0 saturated heterocycles. The van der Waals surface area contributed by atoms with Gasteiger partial charge in [-0.3, -0.25) is 9.36 Å². The van der Waals surface area contributed by atoms with Crippen molar-refractivity contribution in [1.82, 2.24) is 24.3 Å². The van der Waals surface area contributed by atoms with Crippen molar-refractivity contribution in [2.75, 3.05) is 0 Å². The second-order valence-corrected chi connectivity index (χ2v) is 5.99. The molecule has 3 aromatic rings. The van der Waals surface area contributed by atoms with Gasteiger partial charge in [0.25, 0.3) is 5.56 Å². The van der Waals surface area contributed by atoms with Crippen LogP contribution in [0.4, 0.5) is 0 Å². The van der Waals surface area contributed by atoms with Gasteiger partial charge in [0.15, 0.2) is 5.82 Å². The van der Waals surface area contributed by atoms with Crippen molar-refractivity contribution in [3.8, 4) is 0 Å². The van der Waals surface area contributed by atoms with Crippen molar-refractivity contribution in [1.29, 1.82) is 0 Å². The van der Waals surface area contributed by atoms with E-state index in [1.54, 1.807) is 17.2 Å². The third-order valence-electron chi connectivity index (χ3n) is 3.58. The van der Waals surface area contributed by atoms with Gasteiger partial charge in [0.05, 0.1) is 17.9 Å². The number of aryl methyl sites for hydroxylation is 2. The Balaban J connectivity index is 2.09. The molecule has 3 rings (SSSR count). The Morgan fingerprint density at radius 1 is 1.38 bits per heavy atom. The van der Waals surface area contributed by atoms with Gasteiger partial charge >= 0.3 is 0 Å². The summed E-state index contributed by atoms with van der Waals surface area (Å²) in [7, 11) is 0. The minimum Gasteiger partial charge on any atom is -0.316 e. The molecule has 0 radical (unpaired) electrons. The zero-order valence-corrected chi connectivity index (χ0v) is 13.1. The zero-order valence-electron chi connectivity index (χ0n) is 12.3. The summed E-state index contributed by atoms with van der Waals surface area (Å²) in [5.41, 5.74) is 1.82. The summed E-state index contributed by atoms with van der Waals surface area (Å²) < 4.78 is 4.32. The van der Waals surface area contributed by atoms with E-state index in [0.29, 0.717) is 4.70 Å². The van der Waals surface area contributed by atoms with Gasteiger partial charge in [0.1, 0.15) is 11.0 Å². The monoisotopic (exact) mass is 303 g/mol. The number of hydrogen-bond acceptors (Lipinski definition) is 5. The fourth-order valence-electron chi connectivity index (χ4n) is 2.44. The maximum Gasteiger partial charge on any atom is 0.271 e. The van der Waals surface area contributed by atoms with Crippen molar-refractivity contribution >= 4 is 21.6 Å². The third kappa shape index (κ3) is 2.27. The minimum absolute atomic E-state index is 0.0170. The second-order valence-electron chi connectivity index (χ2n) is 5.11. The molecule has 110 valence electrons. The van der Waals surface area contributed by atoms with Gasteiger partial charge in [0.2, 0.25) is 0 Å². The first-order chi connectivity index (χ1) is 10.1. The molecule has 0 bridgehead atoms. The number of nitrogens with zero attached hydrogens (tertiary/aromatic N) is 5. The number of thiophene rings is 1. The Bertz CT molecular complexity index is 831. The molecule has 0 unspecified atom stereocenters. The highest BCUT2D eigenvalue weighted by Crippen LogP contribution is 2.21. The fraction of sp³-hybridized carbons (Fsp3) is 0.429. The van der Waals surface area contributed by atoms with Gasteiger partial charge in [-0.25, -0.2) is 4.98 Å². The lowest BCUT2D eigenvalue weighted by atomic mass is 10.3. The lowest BCUT2D eigenvalue weighted by molar-refractivity contribution is 0.525. The number of rotatable bonds is 4. The molecule has 0 fully saturated rings. The van der Waals surface area contributed by atoms with E-state index in [-0.39, 0.29) is 11.6 Å². The van der Waals surface area contributed by atoms with Crippen LogP contribution < -0.4 is 5.56 Å². The number of aromatic nitrogens is 5. The van der Waals surface area contributed by atoms with Crippen LogP contribution >= 0.6 is 11.3 Å². The summed E-state index contributed by atoms with van der Waals surface area (Å²) in [6.45, 7) is 6.86. The summed E-state index contributed by atoms with van der Waals surface area (Å²) in [6.07, 6.45) is 4.32. The average molecular weight is 303 g/mol. The van der Waals surface area contributed by atoms with Gasteiger partial charge in [0, 0.05) is 6.54 Å². The van der Waals surface area contributed by atoms with E-state index in [9.17, 15) is 4.79 Å². The van der Waals surface area contributed by atoms with Crippen LogP contribution in [0, 0.1) is 6.92 Å². The van der Waals surface area contributed by atoms with E-state index in [1.807, 2.05) is 23.8 Å². The topological polar surface area (TPSA) is 65.6 Å². The molecule has 0 N–H and O–H groups in total. The summed E-state index contributed by atoms with van der Waals surface area (Å²) in [5.74, 6) is 0.786. The third-order valence-corrected chi connectivity index (χ3v) is 4.66. The minimum atomic E-state index is -0.189. The van der Waals surface area contributed by atoms with E-state index in [4.69, 9.17) is 0 Å². The predicted octanol–water partition coefficient (Wildman–Crippen LogP) is 2.38. The van der Waals surface area contributed by atoms with E-state index in [1.165, 1.54) is 11.3 Å². The van der Waals surface area contributed by atoms with Crippen molar-refractivity contribution in [2.24, 2.45) is 0 Å². The van der Waals surface area contributed by atoms with Crippen LogP contribution in [-0.4, -0.2) is 24.3 Å². The molecule has 1 atom stereocenters. The van der Waals surface area contributed by atoms with Crippen molar-refractivity contribution in [3.63, 3.8) is 0 Å². The summed E-state index contributed by atoms with van der Waals surface area (Å²) >= 11 is 1.45. The molecule has 7 heteroatoms. The van der Waals surface area contributed by atoms with E-state index < -0.39 is 0 Å². The highest BCUT2D eigenvalue weighted by atomic mass is 32.1. The van der Waals surface area contributed by atoms with Gasteiger partial charge in [-0.05, 0) is 31.2 Å². The molecular formula is C14H17N5OS. The smallest absolute Gasteiger partial charge is 0.271 e. The molecule has 21 heavy (non-hydrogen) atoms. The van der Waals surface area contributed by atoms with Gasteiger partial charge in [-0.1, -0.05) is 6.92 Å². The molecule has 0 saturated carbocycles. The Hall–Kier alpha value is -2.02. The Morgan fingerprint density at radius 3 is 2.95 bits per heavy atom. The van der Waals surface area contributed by atoms with Crippen LogP contribution in [0.2, 0.25) is 0 Å². The SMILES string of the molecule is CCCn1cnnc1[C@H](C)n1cnc2c(C)csc2c1=O. The average Bonchev–Trinajstić information content (AvgIpc) is 3.07.